The molecule has 0 amide bonds. The minimum atomic E-state index is 0.676. The molecule has 1 aromatic rings. The van der Waals surface area contributed by atoms with Gasteiger partial charge in [-0.3, -0.25) is 0 Å². The lowest BCUT2D eigenvalue weighted by atomic mass is 10.2. The van der Waals surface area contributed by atoms with E-state index < -0.39 is 0 Å². The standard InChI is InChI=1S/C12H21BrN2S/c1-4-10(2)15(3)7-6-14-9-12-11(13)5-8-16-12/h5,8,10,14H,4,6-7,9H2,1-3H3. The Morgan fingerprint density at radius 2 is 2.31 bits per heavy atom. The smallest absolute Gasteiger partial charge is 0.0327 e. The first kappa shape index (κ1) is 14.2. The highest BCUT2D eigenvalue weighted by molar-refractivity contribution is 9.10. The molecule has 0 aliphatic heterocycles. The summed E-state index contributed by atoms with van der Waals surface area (Å²) in [5, 5.41) is 5.59. The summed E-state index contributed by atoms with van der Waals surface area (Å²) < 4.78 is 1.22. The Morgan fingerprint density at radius 3 is 2.88 bits per heavy atom. The number of hydrogen-bond acceptors (Lipinski definition) is 3. The van der Waals surface area contributed by atoms with E-state index >= 15 is 0 Å². The maximum absolute atomic E-state index is 3.54. The van der Waals surface area contributed by atoms with Crippen molar-refractivity contribution in [2.24, 2.45) is 0 Å². The fourth-order valence-corrected chi connectivity index (χ4v) is 2.90. The number of halogens is 1. The lowest BCUT2D eigenvalue weighted by Crippen LogP contribution is -2.34. The fraction of sp³-hybridized carbons (Fsp3) is 0.667. The second-order valence-corrected chi connectivity index (χ2v) is 5.96. The van der Waals surface area contributed by atoms with Crippen LogP contribution in [0.4, 0.5) is 0 Å². The van der Waals surface area contributed by atoms with E-state index in [1.165, 1.54) is 15.8 Å². The maximum Gasteiger partial charge on any atom is 0.0327 e. The molecule has 1 N–H and O–H groups in total. The van der Waals surface area contributed by atoms with Crippen molar-refractivity contribution in [2.45, 2.75) is 32.9 Å². The number of likely N-dealkylation sites (N-methyl/N-ethyl adjacent to an activating group) is 1. The molecule has 0 fully saturated rings. The third-order valence-corrected chi connectivity index (χ3v) is 4.89. The molecule has 1 atom stereocenters. The lowest BCUT2D eigenvalue weighted by molar-refractivity contribution is 0.252. The Hall–Kier alpha value is 0.100. The van der Waals surface area contributed by atoms with Crippen LogP contribution in [0.3, 0.4) is 0 Å². The highest BCUT2D eigenvalue weighted by Crippen LogP contribution is 2.21. The van der Waals surface area contributed by atoms with Crippen LogP contribution in [-0.2, 0) is 6.54 Å². The summed E-state index contributed by atoms with van der Waals surface area (Å²) in [4.78, 5) is 3.78. The first-order valence-electron chi connectivity index (χ1n) is 5.78. The molecule has 0 aromatic carbocycles. The first-order valence-corrected chi connectivity index (χ1v) is 7.45. The summed E-state index contributed by atoms with van der Waals surface area (Å²) >= 11 is 5.34. The van der Waals surface area contributed by atoms with E-state index in [0.717, 1.165) is 19.6 Å². The zero-order valence-electron chi connectivity index (χ0n) is 10.3. The van der Waals surface area contributed by atoms with Crippen molar-refractivity contribution in [1.29, 1.82) is 0 Å². The third-order valence-electron chi connectivity index (χ3n) is 2.96. The van der Waals surface area contributed by atoms with Crippen molar-refractivity contribution in [3.8, 4) is 0 Å². The van der Waals surface area contributed by atoms with E-state index in [0.29, 0.717) is 6.04 Å². The van der Waals surface area contributed by atoms with Crippen molar-refractivity contribution in [1.82, 2.24) is 10.2 Å². The highest BCUT2D eigenvalue weighted by Gasteiger charge is 2.05. The average Bonchev–Trinajstić information content (AvgIpc) is 2.69. The Bertz CT molecular complexity index is 301. The summed E-state index contributed by atoms with van der Waals surface area (Å²) in [6.45, 7) is 7.63. The quantitative estimate of drug-likeness (QED) is 0.777. The molecule has 0 radical (unpaired) electrons. The number of nitrogens with one attached hydrogen (secondary N) is 1. The normalized spacial score (nSPS) is 13.3. The van der Waals surface area contributed by atoms with Gasteiger partial charge in [-0.25, -0.2) is 0 Å². The summed E-state index contributed by atoms with van der Waals surface area (Å²) in [5.41, 5.74) is 0. The van der Waals surface area contributed by atoms with Crippen LogP contribution in [0, 0.1) is 0 Å². The van der Waals surface area contributed by atoms with Gasteiger partial charge in [-0.2, -0.15) is 0 Å². The predicted octanol–water partition coefficient (Wildman–Crippen LogP) is 3.33. The number of rotatable bonds is 7. The second kappa shape index (κ2) is 7.43. The van der Waals surface area contributed by atoms with Gasteiger partial charge in [0.1, 0.15) is 0 Å². The van der Waals surface area contributed by atoms with Gasteiger partial charge in [-0.05, 0) is 47.8 Å². The molecule has 0 aliphatic carbocycles. The number of thiophene rings is 1. The molecule has 0 saturated heterocycles. The van der Waals surface area contributed by atoms with Gasteiger partial charge in [0.15, 0.2) is 0 Å². The molecule has 0 saturated carbocycles. The molecule has 1 rings (SSSR count). The van der Waals surface area contributed by atoms with Crippen molar-refractivity contribution in [3.63, 3.8) is 0 Å². The Labute approximate surface area is 111 Å². The van der Waals surface area contributed by atoms with Gasteiger partial charge in [-0.1, -0.05) is 6.92 Å². The van der Waals surface area contributed by atoms with Crippen LogP contribution in [0.1, 0.15) is 25.1 Å². The SMILES string of the molecule is CCC(C)N(C)CCNCc1sccc1Br. The molecule has 1 aromatic heterocycles. The Kier molecular flexibility index (Phi) is 6.58. The summed E-state index contributed by atoms with van der Waals surface area (Å²) in [5.74, 6) is 0. The summed E-state index contributed by atoms with van der Waals surface area (Å²) in [6, 6.07) is 2.78. The second-order valence-electron chi connectivity index (χ2n) is 4.11. The van der Waals surface area contributed by atoms with Crippen LogP contribution in [0.15, 0.2) is 15.9 Å². The fourth-order valence-electron chi connectivity index (χ4n) is 1.44. The van der Waals surface area contributed by atoms with Gasteiger partial charge in [0.25, 0.3) is 0 Å². The van der Waals surface area contributed by atoms with Gasteiger partial charge >= 0.3 is 0 Å². The molecule has 0 spiro atoms. The van der Waals surface area contributed by atoms with E-state index in [1.807, 2.05) is 0 Å². The van der Waals surface area contributed by atoms with Crippen LogP contribution >= 0.6 is 27.3 Å². The first-order chi connectivity index (χ1) is 7.65. The molecule has 1 unspecified atom stereocenters. The zero-order valence-corrected chi connectivity index (χ0v) is 12.7. The number of nitrogens with zero attached hydrogens (tertiary/aromatic N) is 1. The summed E-state index contributed by atoms with van der Waals surface area (Å²) in [6.07, 6.45) is 1.22. The van der Waals surface area contributed by atoms with Crippen molar-refractivity contribution in [3.05, 3.63) is 20.8 Å². The maximum atomic E-state index is 3.54. The van der Waals surface area contributed by atoms with Crippen LogP contribution in [-0.4, -0.2) is 31.1 Å². The molecule has 0 aliphatic rings. The zero-order chi connectivity index (χ0) is 12.0. The Morgan fingerprint density at radius 1 is 1.56 bits per heavy atom. The minimum absolute atomic E-state index is 0.676. The third kappa shape index (κ3) is 4.53. The van der Waals surface area contributed by atoms with Crippen LogP contribution in [0.2, 0.25) is 0 Å². The average molecular weight is 305 g/mol. The van der Waals surface area contributed by atoms with Crippen LogP contribution < -0.4 is 5.32 Å². The molecule has 4 heteroatoms. The monoisotopic (exact) mass is 304 g/mol. The predicted molar refractivity (Wildman–Crippen MR) is 76.1 cm³/mol. The van der Waals surface area contributed by atoms with Crippen molar-refractivity contribution >= 4 is 27.3 Å². The van der Waals surface area contributed by atoms with E-state index in [4.69, 9.17) is 0 Å². The molecular formula is C12H21BrN2S. The Balaban J connectivity index is 2.15. The number of hydrogen-bond donors (Lipinski definition) is 1. The largest absolute Gasteiger partial charge is 0.311 e. The lowest BCUT2D eigenvalue weighted by Gasteiger charge is -2.23. The van der Waals surface area contributed by atoms with Gasteiger partial charge in [0, 0.05) is 35.0 Å². The summed E-state index contributed by atoms with van der Waals surface area (Å²) in [7, 11) is 2.19. The topological polar surface area (TPSA) is 15.3 Å². The van der Waals surface area contributed by atoms with E-state index in [9.17, 15) is 0 Å². The van der Waals surface area contributed by atoms with Crippen LogP contribution in [0.5, 0.6) is 0 Å². The van der Waals surface area contributed by atoms with E-state index in [-0.39, 0.29) is 0 Å². The van der Waals surface area contributed by atoms with Crippen molar-refractivity contribution < 1.29 is 0 Å². The highest BCUT2D eigenvalue weighted by atomic mass is 79.9. The van der Waals surface area contributed by atoms with Crippen molar-refractivity contribution in [2.75, 3.05) is 20.1 Å². The van der Waals surface area contributed by atoms with E-state index in [1.54, 1.807) is 11.3 Å². The molecule has 0 bridgehead atoms. The van der Waals surface area contributed by atoms with Crippen LogP contribution in [0.25, 0.3) is 0 Å². The molecule has 1 heterocycles. The molecular weight excluding hydrogens is 284 g/mol. The molecule has 16 heavy (non-hydrogen) atoms. The molecule has 2 nitrogen and oxygen atoms in total. The van der Waals surface area contributed by atoms with Gasteiger partial charge in [0.2, 0.25) is 0 Å². The van der Waals surface area contributed by atoms with Gasteiger partial charge in [0.05, 0.1) is 0 Å². The van der Waals surface area contributed by atoms with Gasteiger partial charge in [-0.15, -0.1) is 11.3 Å². The van der Waals surface area contributed by atoms with Gasteiger partial charge < -0.3 is 10.2 Å². The minimum Gasteiger partial charge on any atom is -0.311 e. The molecule has 92 valence electrons. The van der Waals surface area contributed by atoms with E-state index in [2.05, 4.69) is 58.5 Å².